The van der Waals surface area contributed by atoms with E-state index in [4.69, 9.17) is 21.1 Å². The van der Waals surface area contributed by atoms with Gasteiger partial charge in [0.2, 0.25) is 0 Å². The average molecular weight is 611 g/mol. The Balaban J connectivity index is 1.22. The third-order valence-corrected chi connectivity index (χ3v) is 13.5. The molecular formula is C39H59ClO3. The number of benzene rings is 1. The van der Waals surface area contributed by atoms with Crippen molar-refractivity contribution < 1.29 is 14.3 Å². The lowest BCUT2D eigenvalue weighted by Gasteiger charge is -2.58. The summed E-state index contributed by atoms with van der Waals surface area (Å²) in [7, 11) is 0. The first-order valence-corrected chi connectivity index (χ1v) is 18.0. The second-order valence-corrected chi connectivity index (χ2v) is 16.7. The molecule has 3 saturated carbocycles. The molecule has 0 spiro atoms. The monoisotopic (exact) mass is 610 g/mol. The van der Waals surface area contributed by atoms with E-state index in [2.05, 4.69) is 47.6 Å². The van der Waals surface area contributed by atoms with Crippen molar-refractivity contribution in [3.8, 4) is 5.75 Å². The maximum absolute atomic E-state index is 13.3. The number of carbonyl (C=O) groups is 1. The molecule has 0 aromatic heterocycles. The van der Waals surface area contributed by atoms with Crippen LogP contribution in [0.1, 0.15) is 126 Å². The summed E-state index contributed by atoms with van der Waals surface area (Å²) >= 11 is 6.02. The first-order valence-electron chi connectivity index (χ1n) is 17.6. The molecule has 9 atom stereocenters. The lowest BCUT2D eigenvalue weighted by Crippen LogP contribution is -2.51. The van der Waals surface area contributed by atoms with Crippen LogP contribution in [0.5, 0.6) is 5.75 Å². The summed E-state index contributed by atoms with van der Waals surface area (Å²) in [6, 6.07) is 7.14. The molecule has 5 rings (SSSR count). The summed E-state index contributed by atoms with van der Waals surface area (Å²) < 4.78 is 12.2. The summed E-state index contributed by atoms with van der Waals surface area (Å²) in [5.41, 5.74) is 1.25. The summed E-state index contributed by atoms with van der Waals surface area (Å²) in [4.78, 5) is 13.3. The summed E-state index contributed by atoms with van der Waals surface area (Å²) in [5.74, 6) is 6.18. The van der Waals surface area contributed by atoms with E-state index < -0.39 is 5.60 Å². The van der Waals surface area contributed by atoms with E-state index in [-0.39, 0.29) is 17.5 Å². The number of esters is 1. The Morgan fingerprint density at radius 1 is 1.00 bits per heavy atom. The molecule has 0 bridgehead atoms. The van der Waals surface area contributed by atoms with Crippen LogP contribution >= 0.6 is 11.6 Å². The smallest absolute Gasteiger partial charge is 0.350 e. The van der Waals surface area contributed by atoms with E-state index in [1.165, 1.54) is 51.4 Å². The molecule has 0 amide bonds. The van der Waals surface area contributed by atoms with Gasteiger partial charge in [0.25, 0.3) is 0 Å². The number of allylic oxidation sites excluding steroid dienone is 1. The van der Waals surface area contributed by atoms with Crippen LogP contribution in [-0.2, 0) is 9.53 Å². The van der Waals surface area contributed by atoms with Crippen molar-refractivity contribution in [3.63, 3.8) is 0 Å². The minimum Gasteiger partial charge on any atom is -0.476 e. The molecule has 0 heterocycles. The fourth-order valence-electron chi connectivity index (χ4n) is 10.5. The highest BCUT2D eigenvalue weighted by Crippen LogP contribution is 2.67. The molecule has 4 heteroatoms. The van der Waals surface area contributed by atoms with Crippen molar-refractivity contribution in [1.29, 1.82) is 0 Å². The van der Waals surface area contributed by atoms with Gasteiger partial charge in [-0.05, 0) is 142 Å². The fourth-order valence-corrected chi connectivity index (χ4v) is 10.6. The van der Waals surface area contributed by atoms with E-state index >= 15 is 0 Å². The zero-order valence-corrected chi connectivity index (χ0v) is 29.1. The number of ether oxygens (including phenoxy) is 2. The molecule has 1 aromatic rings. The first-order chi connectivity index (χ1) is 20.3. The summed E-state index contributed by atoms with van der Waals surface area (Å²) in [6.07, 6.45) is 16.4. The molecule has 3 nitrogen and oxygen atoms in total. The van der Waals surface area contributed by atoms with Gasteiger partial charge in [-0.3, -0.25) is 0 Å². The zero-order valence-electron chi connectivity index (χ0n) is 28.4. The third-order valence-electron chi connectivity index (χ3n) is 13.2. The minimum absolute atomic E-state index is 0.0696. The maximum Gasteiger partial charge on any atom is 0.350 e. The van der Waals surface area contributed by atoms with Gasteiger partial charge in [-0.15, -0.1) is 0 Å². The van der Waals surface area contributed by atoms with Crippen LogP contribution in [-0.4, -0.2) is 17.7 Å². The van der Waals surface area contributed by atoms with Crippen molar-refractivity contribution in [2.24, 2.45) is 52.3 Å². The van der Waals surface area contributed by atoms with E-state index in [0.717, 1.165) is 60.7 Å². The van der Waals surface area contributed by atoms with Gasteiger partial charge in [-0.1, -0.05) is 77.6 Å². The molecular weight excluding hydrogens is 552 g/mol. The van der Waals surface area contributed by atoms with Crippen molar-refractivity contribution in [2.75, 3.05) is 0 Å². The largest absolute Gasteiger partial charge is 0.476 e. The van der Waals surface area contributed by atoms with Gasteiger partial charge in [0.15, 0.2) is 5.60 Å². The zero-order chi connectivity index (χ0) is 31.2. The van der Waals surface area contributed by atoms with E-state index in [9.17, 15) is 4.79 Å². The number of carbonyl (C=O) groups excluding carboxylic acids is 1. The number of halogens is 1. The Labute approximate surface area is 267 Å². The molecule has 0 saturated heterocycles. The Hall–Kier alpha value is -1.48. The van der Waals surface area contributed by atoms with Crippen LogP contribution in [0.3, 0.4) is 0 Å². The number of hydrogen-bond donors (Lipinski definition) is 0. The van der Waals surface area contributed by atoms with Crippen LogP contribution in [0.15, 0.2) is 35.9 Å². The van der Waals surface area contributed by atoms with Gasteiger partial charge < -0.3 is 9.47 Å². The van der Waals surface area contributed by atoms with E-state index in [0.29, 0.717) is 16.2 Å². The minimum atomic E-state index is -1.06. The molecule has 4 aliphatic rings. The third kappa shape index (κ3) is 6.45. The summed E-state index contributed by atoms with van der Waals surface area (Å²) in [6.45, 7) is 18.6. The quantitative estimate of drug-likeness (QED) is 0.195. The molecule has 4 aliphatic carbocycles. The highest BCUT2D eigenvalue weighted by molar-refractivity contribution is 6.30. The summed E-state index contributed by atoms with van der Waals surface area (Å²) in [5, 5.41) is 0.646. The van der Waals surface area contributed by atoms with Gasteiger partial charge in [0, 0.05) is 11.4 Å². The van der Waals surface area contributed by atoms with Crippen LogP contribution in [0.4, 0.5) is 0 Å². The predicted molar refractivity (Wildman–Crippen MR) is 178 cm³/mol. The van der Waals surface area contributed by atoms with Crippen LogP contribution in [0.2, 0.25) is 5.02 Å². The highest BCUT2D eigenvalue weighted by atomic mass is 35.5. The molecule has 3 fully saturated rings. The molecule has 0 radical (unpaired) electrons. The molecule has 1 unspecified atom stereocenters. The Morgan fingerprint density at radius 3 is 2.40 bits per heavy atom. The Morgan fingerprint density at radius 2 is 1.72 bits per heavy atom. The van der Waals surface area contributed by atoms with Gasteiger partial charge in [0.1, 0.15) is 11.9 Å². The normalized spacial score (nSPS) is 35.3. The second-order valence-electron chi connectivity index (χ2n) is 16.3. The van der Waals surface area contributed by atoms with Gasteiger partial charge in [0.05, 0.1) is 0 Å². The number of hydrogen-bond acceptors (Lipinski definition) is 3. The number of fused-ring (bicyclic) bond motifs is 5. The van der Waals surface area contributed by atoms with Crippen LogP contribution in [0.25, 0.3) is 0 Å². The molecule has 0 aliphatic heterocycles. The van der Waals surface area contributed by atoms with Crippen molar-refractivity contribution in [3.05, 3.63) is 40.9 Å². The fraction of sp³-hybridized carbons (Fsp3) is 0.769. The van der Waals surface area contributed by atoms with Crippen molar-refractivity contribution in [2.45, 2.75) is 138 Å². The lowest BCUT2D eigenvalue weighted by molar-refractivity contribution is -0.167. The maximum atomic E-state index is 13.3. The first kappa shape index (κ1) is 32.9. The Bertz CT molecular complexity index is 1150. The van der Waals surface area contributed by atoms with Crippen LogP contribution < -0.4 is 4.74 Å². The standard InChI is InChI=1S/C39H59ClO3/c1-9-27(25(2)3)11-10-26(4)33-18-19-34-32-17-12-28-24-31(20-22-38(28,7)35(32)21-23-39(33,34)8)42-36(41)37(5,6)43-30-15-13-29(40)14-16-30/h12-16,25-27,31-35H,9-11,17-24H2,1-8H3/t26-,27?,31+,32+,33-,34+,35+,38+,39-/m1/s1. The second kappa shape index (κ2) is 12.7. The van der Waals surface area contributed by atoms with Crippen LogP contribution in [0, 0.1) is 52.3 Å². The Kier molecular flexibility index (Phi) is 9.74. The highest BCUT2D eigenvalue weighted by Gasteiger charge is 2.59. The lowest BCUT2D eigenvalue weighted by atomic mass is 9.47. The molecule has 240 valence electrons. The van der Waals surface area contributed by atoms with Gasteiger partial charge in [-0.25, -0.2) is 4.79 Å². The van der Waals surface area contributed by atoms with Gasteiger partial charge >= 0.3 is 5.97 Å². The SMILES string of the molecule is CCC(CC[C@@H](C)[C@H]1CC[C@H]2[C@@H]3CC=C4C[C@@H](OC(=O)C(C)(C)Oc5ccc(Cl)cc5)CC[C@]4(C)[C@H]3CC[C@]12C)C(C)C. The van der Waals surface area contributed by atoms with E-state index in [1.54, 1.807) is 43.7 Å². The average Bonchev–Trinajstić information content (AvgIpc) is 3.31. The van der Waals surface area contributed by atoms with Crippen molar-refractivity contribution >= 4 is 17.6 Å². The topological polar surface area (TPSA) is 35.5 Å². The van der Waals surface area contributed by atoms with Gasteiger partial charge in [-0.2, -0.15) is 0 Å². The molecule has 0 N–H and O–H groups in total. The molecule has 1 aromatic carbocycles. The predicted octanol–water partition coefficient (Wildman–Crippen LogP) is 11.1. The van der Waals surface area contributed by atoms with E-state index in [1.807, 2.05) is 0 Å². The van der Waals surface area contributed by atoms with Crippen molar-refractivity contribution in [1.82, 2.24) is 0 Å². The molecule has 43 heavy (non-hydrogen) atoms. The number of rotatable bonds is 10.